The summed E-state index contributed by atoms with van der Waals surface area (Å²) in [5.74, 6) is 0.743. The van der Waals surface area contributed by atoms with E-state index in [1.807, 2.05) is 0 Å². The lowest BCUT2D eigenvalue weighted by molar-refractivity contribution is -0.108. The zero-order chi connectivity index (χ0) is 9.23. The van der Waals surface area contributed by atoms with E-state index < -0.39 is 0 Å². The van der Waals surface area contributed by atoms with Gasteiger partial charge in [0.2, 0.25) is 0 Å². The minimum absolute atomic E-state index is 0.743. The summed E-state index contributed by atoms with van der Waals surface area (Å²) in [6.45, 7) is 4.48. The third kappa shape index (κ3) is 7.77. The lowest BCUT2D eigenvalue weighted by atomic mass is 9.98. The highest BCUT2D eigenvalue weighted by Gasteiger charge is 2.00. The van der Waals surface area contributed by atoms with Crippen LogP contribution in [-0.2, 0) is 4.79 Å². The van der Waals surface area contributed by atoms with Crippen LogP contribution in [0.15, 0.2) is 0 Å². The Hall–Kier alpha value is -0.330. The molecule has 0 saturated heterocycles. The summed E-state index contributed by atoms with van der Waals surface area (Å²) >= 11 is 0. The maximum absolute atomic E-state index is 10.1. The molecule has 0 radical (unpaired) electrons. The monoisotopic (exact) mass is 170 g/mol. The fourth-order valence-corrected chi connectivity index (χ4v) is 1.42. The zero-order valence-electron chi connectivity index (χ0n) is 8.51. The van der Waals surface area contributed by atoms with E-state index in [0.29, 0.717) is 0 Å². The molecule has 0 N–H and O–H groups in total. The maximum atomic E-state index is 10.1. The van der Waals surface area contributed by atoms with Crippen LogP contribution in [0.1, 0.15) is 58.8 Å². The van der Waals surface area contributed by atoms with Crippen LogP contribution < -0.4 is 0 Å². The largest absolute Gasteiger partial charge is 0.303 e. The Kier molecular flexibility index (Phi) is 8.52. The molecule has 0 aromatic rings. The zero-order valence-corrected chi connectivity index (χ0v) is 8.51. The molecule has 0 aromatic carbocycles. The molecule has 0 aromatic heterocycles. The van der Waals surface area contributed by atoms with E-state index in [2.05, 4.69) is 13.8 Å². The number of carbonyl (C=O) groups excluding carboxylic acids is 1. The van der Waals surface area contributed by atoms with Gasteiger partial charge < -0.3 is 4.79 Å². The number of aldehydes is 1. The molecule has 0 saturated carbocycles. The van der Waals surface area contributed by atoms with Gasteiger partial charge in [-0.05, 0) is 12.3 Å². The molecule has 0 heterocycles. The smallest absolute Gasteiger partial charge is 0.120 e. The molecule has 0 rings (SSSR count). The van der Waals surface area contributed by atoms with Crippen LogP contribution in [0, 0.1) is 5.92 Å². The average molecular weight is 170 g/mol. The van der Waals surface area contributed by atoms with Gasteiger partial charge in [0.1, 0.15) is 6.29 Å². The summed E-state index contributed by atoms with van der Waals surface area (Å²) in [5.41, 5.74) is 0. The molecular formula is C11H22O. The second-order valence-corrected chi connectivity index (χ2v) is 3.70. The molecule has 1 unspecified atom stereocenters. The molecule has 0 aliphatic heterocycles. The fourth-order valence-electron chi connectivity index (χ4n) is 1.42. The van der Waals surface area contributed by atoms with Gasteiger partial charge in [0, 0.05) is 6.42 Å². The second kappa shape index (κ2) is 8.76. The van der Waals surface area contributed by atoms with Crippen LogP contribution in [0.5, 0.6) is 0 Å². The first-order valence-electron chi connectivity index (χ1n) is 5.24. The van der Waals surface area contributed by atoms with Crippen molar-refractivity contribution in [2.75, 3.05) is 0 Å². The first-order chi connectivity index (χ1) is 5.81. The summed E-state index contributed by atoms with van der Waals surface area (Å²) in [6, 6.07) is 0. The van der Waals surface area contributed by atoms with Crippen molar-refractivity contribution in [3.8, 4) is 0 Å². The second-order valence-electron chi connectivity index (χ2n) is 3.70. The molecule has 0 aliphatic carbocycles. The van der Waals surface area contributed by atoms with E-state index >= 15 is 0 Å². The Morgan fingerprint density at radius 1 is 1.17 bits per heavy atom. The quantitative estimate of drug-likeness (QED) is 0.402. The lowest BCUT2D eigenvalue weighted by Gasteiger charge is -2.08. The van der Waals surface area contributed by atoms with Crippen molar-refractivity contribution >= 4 is 6.29 Å². The van der Waals surface area contributed by atoms with Crippen molar-refractivity contribution in [3.05, 3.63) is 0 Å². The molecule has 0 spiro atoms. The summed E-state index contributed by atoms with van der Waals surface area (Å²) in [6.07, 6.45) is 9.53. The highest BCUT2D eigenvalue weighted by molar-refractivity contribution is 5.49. The minimum Gasteiger partial charge on any atom is -0.303 e. The van der Waals surface area contributed by atoms with Crippen molar-refractivity contribution in [2.24, 2.45) is 5.92 Å². The molecule has 0 aliphatic rings. The normalized spacial score (nSPS) is 12.8. The third-order valence-corrected chi connectivity index (χ3v) is 2.33. The van der Waals surface area contributed by atoms with Gasteiger partial charge in [-0.15, -0.1) is 0 Å². The van der Waals surface area contributed by atoms with Crippen molar-refractivity contribution in [3.63, 3.8) is 0 Å². The molecular weight excluding hydrogens is 148 g/mol. The molecule has 1 atom stereocenters. The van der Waals surface area contributed by atoms with Crippen molar-refractivity contribution < 1.29 is 4.79 Å². The van der Waals surface area contributed by atoms with Gasteiger partial charge in [-0.2, -0.15) is 0 Å². The Labute approximate surface area is 76.6 Å². The summed E-state index contributed by atoms with van der Waals surface area (Å²) < 4.78 is 0. The van der Waals surface area contributed by atoms with Crippen LogP contribution in [0.4, 0.5) is 0 Å². The standard InChI is InChI=1S/C11H22O/c1-3-4-5-6-8-11(2)9-7-10-12/h10-11H,3-9H2,1-2H3. The van der Waals surface area contributed by atoms with Crippen LogP contribution >= 0.6 is 0 Å². The molecule has 1 nitrogen and oxygen atoms in total. The highest BCUT2D eigenvalue weighted by atomic mass is 16.1. The molecule has 72 valence electrons. The van der Waals surface area contributed by atoms with E-state index in [1.54, 1.807) is 0 Å². The molecule has 1 heteroatoms. The number of carbonyl (C=O) groups is 1. The number of hydrogen-bond donors (Lipinski definition) is 0. The average Bonchev–Trinajstić information content (AvgIpc) is 2.09. The molecule has 12 heavy (non-hydrogen) atoms. The van der Waals surface area contributed by atoms with Gasteiger partial charge in [-0.25, -0.2) is 0 Å². The number of rotatable bonds is 8. The Morgan fingerprint density at radius 3 is 2.50 bits per heavy atom. The van der Waals surface area contributed by atoms with Crippen molar-refractivity contribution in [2.45, 2.75) is 58.8 Å². The SMILES string of the molecule is CCCCCCC(C)CCC=O. The minimum atomic E-state index is 0.743. The van der Waals surface area contributed by atoms with Crippen molar-refractivity contribution in [1.82, 2.24) is 0 Å². The van der Waals surface area contributed by atoms with Gasteiger partial charge >= 0.3 is 0 Å². The van der Waals surface area contributed by atoms with E-state index in [4.69, 9.17) is 0 Å². The summed E-state index contributed by atoms with van der Waals surface area (Å²) in [4.78, 5) is 10.1. The fraction of sp³-hybridized carbons (Fsp3) is 0.909. The first kappa shape index (κ1) is 11.7. The van der Waals surface area contributed by atoms with E-state index in [9.17, 15) is 4.79 Å². The van der Waals surface area contributed by atoms with Crippen molar-refractivity contribution in [1.29, 1.82) is 0 Å². The van der Waals surface area contributed by atoms with Crippen LogP contribution in [0.25, 0.3) is 0 Å². The predicted molar refractivity (Wildman–Crippen MR) is 53.2 cm³/mol. The van der Waals surface area contributed by atoms with Gasteiger partial charge in [0.25, 0.3) is 0 Å². The molecule has 0 fully saturated rings. The van der Waals surface area contributed by atoms with E-state index in [-0.39, 0.29) is 0 Å². The third-order valence-electron chi connectivity index (χ3n) is 2.33. The van der Waals surface area contributed by atoms with E-state index in [0.717, 1.165) is 25.0 Å². The Morgan fingerprint density at radius 2 is 1.92 bits per heavy atom. The maximum Gasteiger partial charge on any atom is 0.120 e. The molecule has 0 bridgehead atoms. The van der Waals surface area contributed by atoms with Gasteiger partial charge in [0.15, 0.2) is 0 Å². The number of hydrogen-bond acceptors (Lipinski definition) is 1. The van der Waals surface area contributed by atoms with Gasteiger partial charge in [-0.1, -0.05) is 46.0 Å². The van der Waals surface area contributed by atoms with Gasteiger partial charge in [0.05, 0.1) is 0 Å². The Balaban J connectivity index is 3.07. The first-order valence-corrected chi connectivity index (χ1v) is 5.24. The van der Waals surface area contributed by atoms with Gasteiger partial charge in [-0.3, -0.25) is 0 Å². The van der Waals surface area contributed by atoms with E-state index in [1.165, 1.54) is 32.1 Å². The lowest BCUT2D eigenvalue weighted by Crippen LogP contribution is -1.94. The summed E-state index contributed by atoms with van der Waals surface area (Å²) in [7, 11) is 0. The highest BCUT2D eigenvalue weighted by Crippen LogP contribution is 2.14. The summed E-state index contributed by atoms with van der Waals surface area (Å²) in [5, 5.41) is 0. The van der Waals surface area contributed by atoms with Crippen LogP contribution in [-0.4, -0.2) is 6.29 Å². The number of unbranched alkanes of at least 4 members (excludes halogenated alkanes) is 3. The van der Waals surface area contributed by atoms with Crippen LogP contribution in [0.3, 0.4) is 0 Å². The topological polar surface area (TPSA) is 17.1 Å². The van der Waals surface area contributed by atoms with Crippen LogP contribution in [0.2, 0.25) is 0 Å². The molecule has 0 amide bonds. The predicted octanol–water partition coefficient (Wildman–Crippen LogP) is 3.57. The Bertz CT molecular complexity index is 99.2.